The van der Waals surface area contributed by atoms with Crippen LogP contribution in [0.25, 0.3) is 11.1 Å². The van der Waals surface area contributed by atoms with Gasteiger partial charge >= 0.3 is 0 Å². The summed E-state index contributed by atoms with van der Waals surface area (Å²) in [5.41, 5.74) is 2.30. The molecule has 1 fully saturated rings. The lowest BCUT2D eigenvalue weighted by Crippen LogP contribution is -2.20. The van der Waals surface area contributed by atoms with E-state index in [1.54, 1.807) is 25.1 Å². The van der Waals surface area contributed by atoms with Crippen molar-refractivity contribution in [3.05, 3.63) is 82.9 Å². The molecule has 0 N–H and O–H groups in total. The molecule has 0 amide bonds. The summed E-state index contributed by atoms with van der Waals surface area (Å²) < 4.78 is 69.0. The summed E-state index contributed by atoms with van der Waals surface area (Å²) in [4.78, 5) is 0. The number of hydrogen-bond acceptors (Lipinski definition) is 2. The minimum Gasteiger partial charge on any atom is -0.491 e. The van der Waals surface area contributed by atoms with Crippen molar-refractivity contribution >= 4 is 0 Å². The quantitative estimate of drug-likeness (QED) is 0.299. The fraction of sp³-hybridized carbons (Fsp3) is 0.379. The molecule has 0 atom stereocenters. The van der Waals surface area contributed by atoms with E-state index in [2.05, 4.69) is 0 Å². The predicted octanol–water partition coefficient (Wildman–Crippen LogP) is 8.22. The Morgan fingerprint density at radius 2 is 1.31 bits per heavy atom. The Morgan fingerprint density at radius 1 is 0.686 bits per heavy atom. The van der Waals surface area contributed by atoms with Gasteiger partial charge in [-0.15, -0.1) is 0 Å². The summed E-state index contributed by atoms with van der Waals surface area (Å²) in [5, 5.41) is 0. The molecule has 1 aliphatic rings. The highest BCUT2D eigenvalue weighted by atomic mass is 19.2. The van der Waals surface area contributed by atoms with Crippen molar-refractivity contribution in [3.63, 3.8) is 0 Å². The standard InChI is InChI=1S/C29H30F4O2/c1-3-18-5-9-20(10-6-18)23-14-16-25(29(33)27(23)31)35-17-19-7-11-21(12-8-19)22-13-15-24(34-4-2)28(32)26(22)30/h5-6,9-10,13-16,19,21H,3-4,7-8,11-12,17H2,1-2H3. The van der Waals surface area contributed by atoms with Gasteiger partial charge in [-0.1, -0.05) is 37.3 Å². The van der Waals surface area contributed by atoms with Crippen LogP contribution in [0.1, 0.15) is 56.6 Å². The highest BCUT2D eigenvalue weighted by Crippen LogP contribution is 2.39. The fourth-order valence-electron chi connectivity index (χ4n) is 4.76. The van der Waals surface area contributed by atoms with Gasteiger partial charge in [-0.3, -0.25) is 0 Å². The molecule has 35 heavy (non-hydrogen) atoms. The van der Waals surface area contributed by atoms with Crippen LogP contribution in [0.15, 0.2) is 48.5 Å². The first kappa shape index (κ1) is 25.1. The van der Waals surface area contributed by atoms with Crippen LogP contribution in [0, 0.1) is 29.2 Å². The third kappa shape index (κ3) is 5.47. The molecular weight excluding hydrogens is 456 g/mol. The van der Waals surface area contributed by atoms with E-state index in [1.165, 1.54) is 18.2 Å². The van der Waals surface area contributed by atoms with Gasteiger partial charge in [-0.2, -0.15) is 8.78 Å². The fourth-order valence-corrected chi connectivity index (χ4v) is 4.76. The van der Waals surface area contributed by atoms with Crippen LogP contribution in [0.5, 0.6) is 11.5 Å². The molecule has 1 aliphatic carbocycles. The summed E-state index contributed by atoms with van der Waals surface area (Å²) in [7, 11) is 0. The summed E-state index contributed by atoms with van der Waals surface area (Å²) in [6.07, 6.45) is 3.66. The largest absolute Gasteiger partial charge is 0.491 e. The van der Waals surface area contributed by atoms with Crippen LogP contribution >= 0.6 is 0 Å². The van der Waals surface area contributed by atoms with E-state index < -0.39 is 23.3 Å². The first-order valence-electron chi connectivity index (χ1n) is 12.2. The van der Waals surface area contributed by atoms with Crippen molar-refractivity contribution in [2.45, 2.75) is 51.9 Å². The lowest BCUT2D eigenvalue weighted by atomic mass is 9.79. The summed E-state index contributed by atoms with van der Waals surface area (Å²) in [6, 6.07) is 13.5. The van der Waals surface area contributed by atoms with E-state index in [0.29, 0.717) is 24.0 Å². The van der Waals surface area contributed by atoms with Gasteiger partial charge in [0, 0.05) is 5.56 Å². The lowest BCUT2D eigenvalue weighted by molar-refractivity contribution is 0.191. The number of hydrogen-bond donors (Lipinski definition) is 0. The highest BCUT2D eigenvalue weighted by Gasteiger charge is 2.27. The Bertz CT molecular complexity index is 1150. The number of halogens is 4. The first-order valence-corrected chi connectivity index (χ1v) is 12.2. The van der Waals surface area contributed by atoms with Crippen LogP contribution in [-0.2, 0) is 6.42 Å². The molecule has 0 unspecified atom stereocenters. The monoisotopic (exact) mass is 486 g/mol. The normalized spacial score (nSPS) is 17.9. The number of rotatable bonds is 8. The van der Waals surface area contributed by atoms with Crippen LogP contribution in [0.3, 0.4) is 0 Å². The Hall–Kier alpha value is -3.02. The molecule has 2 nitrogen and oxygen atoms in total. The van der Waals surface area contributed by atoms with Crippen molar-refractivity contribution in [1.29, 1.82) is 0 Å². The van der Waals surface area contributed by atoms with Crippen LogP contribution in [0.2, 0.25) is 0 Å². The van der Waals surface area contributed by atoms with Gasteiger partial charge in [0.15, 0.2) is 23.1 Å². The minimum atomic E-state index is -0.998. The molecule has 186 valence electrons. The van der Waals surface area contributed by atoms with Crippen molar-refractivity contribution in [2.75, 3.05) is 13.2 Å². The van der Waals surface area contributed by atoms with Gasteiger partial charge in [-0.25, -0.2) is 8.78 Å². The number of benzene rings is 3. The second kappa shape index (κ2) is 11.1. The van der Waals surface area contributed by atoms with E-state index in [4.69, 9.17) is 9.47 Å². The van der Waals surface area contributed by atoms with Gasteiger partial charge in [-0.05, 0) is 85.8 Å². The molecule has 3 aromatic carbocycles. The molecule has 0 saturated heterocycles. The Morgan fingerprint density at radius 3 is 1.97 bits per heavy atom. The molecule has 4 rings (SSSR count). The van der Waals surface area contributed by atoms with Crippen molar-refractivity contribution < 1.29 is 27.0 Å². The summed E-state index contributed by atoms with van der Waals surface area (Å²) in [6.45, 7) is 4.26. The summed E-state index contributed by atoms with van der Waals surface area (Å²) in [5.74, 6) is -3.87. The van der Waals surface area contributed by atoms with Crippen molar-refractivity contribution in [3.8, 4) is 22.6 Å². The Balaban J connectivity index is 1.36. The molecule has 0 aromatic heterocycles. The van der Waals surface area contributed by atoms with Gasteiger partial charge < -0.3 is 9.47 Å². The average molecular weight is 487 g/mol. The zero-order chi connectivity index (χ0) is 24.9. The molecule has 0 radical (unpaired) electrons. The lowest BCUT2D eigenvalue weighted by Gasteiger charge is -2.29. The molecule has 0 aliphatic heterocycles. The van der Waals surface area contributed by atoms with Gasteiger partial charge in [0.25, 0.3) is 0 Å². The minimum absolute atomic E-state index is 0.0749. The molecule has 0 heterocycles. The zero-order valence-corrected chi connectivity index (χ0v) is 20.1. The third-order valence-electron chi connectivity index (χ3n) is 6.86. The van der Waals surface area contributed by atoms with E-state index in [0.717, 1.165) is 24.8 Å². The van der Waals surface area contributed by atoms with Crippen LogP contribution in [-0.4, -0.2) is 13.2 Å². The van der Waals surface area contributed by atoms with E-state index in [-0.39, 0.29) is 42.1 Å². The maximum Gasteiger partial charge on any atom is 0.201 e. The Labute approximate surface area is 203 Å². The van der Waals surface area contributed by atoms with E-state index >= 15 is 0 Å². The SMILES string of the molecule is CCOc1ccc(C2CCC(COc3ccc(-c4ccc(CC)cc4)c(F)c3F)CC2)c(F)c1F. The maximum absolute atomic E-state index is 14.8. The first-order chi connectivity index (χ1) is 16.9. The van der Waals surface area contributed by atoms with Crippen LogP contribution in [0.4, 0.5) is 17.6 Å². The predicted molar refractivity (Wildman–Crippen MR) is 129 cm³/mol. The molecule has 0 bridgehead atoms. The number of aryl methyl sites for hydroxylation is 1. The topological polar surface area (TPSA) is 18.5 Å². The summed E-state index contributed by atoms with van der Waals surface area (Å²) >= 11 is 0. The molecule has 1 saturated carbocycles. The van der Waals surface area contributed by atoms with Crippen molar-refractivity contribution in [1.82, 2.24) is 0 Å². The van der Waals surface area contributed by atoms with E-state index in [9.17, 15) is 17.6 Å². The molecule has 0 spiro atoms. The van der Waals surface area contributed by atoms with Gasteiger partial charge in [0.05, 0.1) is 13.2 Å². The molecule has 3 aromatic rings. The maximum atomic E-state index is 14.8. The third-order valence-corrected chi connectivity index (χ3v) is 6.86. The highest BCUT2D eigenvalue weighted by molar-refractivity contribution is 5.65. The van der Waals surface area contributed by atoms with Gasteiger partial charge in [0.2, 0.25) is 11.6 Å². The molecular formula is C29H30F4O2. The zero-order valence-electron chi connectivity index (χ0n) is 20.1. The van der Waals surface area contributed by atoms with Crippen LogP contribution < -0.4 is 9.47 Å². The average Bonchev–Trinajstić information content (AvgIpc) is 2.88. The van der Waals surface area contributed by atoms with Crippen molar-refractivity contribution in [2.24, 2.45) is 5.92 Å². The Kier molecular flexibility index (Phi) is 7.99. The molecule has 6 heteroatoms. The van der Waals surface area contributed by atoms with E-state index in [1.807, 2.05) is 19.1 Å². The number of ether oxygens (including phenoxy) is 2. The smallest absolute Gasteiger partial charge is 0.201 e. The second-order valence-corrected chi connectivity index (χ2v) is 9.03. The second-order valence-electron chi connectivity index (χ2n) is 9.03. The van der Waals surface area contributed by atoms with Gasteiger partial charge in [0.1, 0.15) is 0 Å².